The number of anilines is 2. The molecule has 1 aromatic heterocycles. The maximum Gasteiger partial charge on any atom is 0.293 e. The molecule has 0 bridgehead atoms. The molecule has 1 unspecified atom stereocenters. The first kappa shape index (κ1) is 21.4. The number of nitro benzene ring substituents is 1. The molecule has 1 atom stereocenters. The Morgan fingerprint density at radius 2 is 1.97 bits per heavy atom. The Morgan fingerprint density at radius 3 is 2.69 bits per heavy atom. The van der Waals surface area contributed by atoms with Gasteiger partial charge < -0.3 is 10.2 Å². The van der Waals surface area contributed by atoms with Crippen LogP contribution in [0.5, 0.6) is 0 Å². The van der Waals surface area contributed by atoms with Crippen molar-refractivity contribution in [2.75, 3.05) is 16.8 Å². The monoisotopic (exact) mass is 438 g/mol. The van der Waals surface area contributed by atoms with Crippen molar-refractivity contribution in [3.05, 3.63) is 93.8 Å². The van der Waals surface area contributed by atoms with Crippen molar-refractivity contribution in [1.29, 1.82) is 0 Å². The van der Waals surface area contributed by atoms with Crippen LogP contribution >= 0.6 is 0 Å². The van der Waals surface area contributed by atoms with E-state index in [1.165, 1.54) is 18.2 Å². The van der Waals surface area contributed by atoms with Crippen molar-refractivity contribution in [3.63, 3.8) is 0 Å². The van der Waals surface area contributed by atoms with Crippen LogP contribution in [-0.2, 0) is 0 Å². The molecule has 3 aromatic rings. The van der Waals surface area contributed by atoms with Gasteiger partial charge >= 0.3 is 0 Å². The summed E-state index contributed by atoms with van der Waals surface area (Å²) in [5.74, 6) is -2.79. The SMILES string of the molecule is O=C(Nc1ccc(F)c(F)c1)c1ccc(N2CCCCC2c2cccnc2)c([N+](=O)[O-])c1. The quantitative estimate of drug-likeness (QED) is 0.434. The maximum atomic E-state index is 13.4. The summed E-state index contributed by atoms with van der Waals surface area (Å²) >= 11 is 0. The van der Waals surface area contributed by atoms with Crippen LogP contribution in [0, 0.1) is 21.7 Å². The summed E-state index contributed by atoms with van der Waals surface area (Å²) in [7, 11) is 0. The number of piperidine rings is 1. The second-order valence-corrected chi connectivity index (χ2v) is 7.53. The van der Waals surface area contributed by atoms with Gasteiger partial charge in [0.2, 0.25) is 0 Å². The second kappa shape index (κ2) is 9.09. The zero-order chi connectivity index (χ0) is 22.7. The lowest BCUT2D eigenvalue weighted by Gasteiger charge is -2.37. The molecule has 2 aromatic carbocycles. The van der Waals surface area contributed by atoms with E-state index in [4.69, 9.17) is 0 Å². The minimum atomic E-state index is -1.10. The average Bonchev–Trinajstić information content (AvgIpc) is 2.81. The summed E-state index contributed by atoms with van der Waals surface area (Å²) in [6.07, 6.45) is 6.17. The molecule has 164 valence electrons. The largest absolute Gasteiger partial charge is 0.359 e. The van der Waals surface area contributed by atoms with E-state index in [-0.39, 0.29) is 23.0 Å². The number of nitrogens with one attached hydrogen (secondary N) is 1. The maximum absolute atomic E-state index is 13.4. The number of nitro groups is 1. The molecule has 1 aliphatic heterocycles. The van der Waals surface area contributed by atoms with Gasteiger partial charge in [0, 0.05) is 42.3 Å². The summed E-state index contributed by atoms with van der Waals surface area (Å²) in [5, 5.41) is 14.3. The molecule has 0 aliphatic carbocycles. The molecular formula is C23H20F2N4O3. The minimum Gasteiger partial charge on any atom is -0.359 e. The molecule has 1 fully saturated rings. The smallest absolute Gasteiger partial charge is 0.293 e. The van der Waals surface area contributed by atoms with Crippen molar-refractivity contribution in [2.24, 2.45) is 0 Å². The lowest BCUT2D eigenvalue weighted by molar-refractivity contribution is -0.384. The number of nitrogens with zero attached hydrogens (tertiary/aromatic N) is 3. The standard InChI is InChI=1S/C23H20F2N4O3/c24-18-8-7-17(13-19(18)25)27-23(30)15-6-9-21(22(12-15)29(31)32)28-11-2-1-5-20(28)16-4-3-10-26-14-16/h3-4,6-10,12-14,20H,1-2,5,11H2,(H,27,30). The van der Waals surface area contributed by atoms with Crippen LogP contribution in [0.4, 0.5) is 25.8 Å². The topological polar surface area (TPSA) is 88.4 Å². The van der Waals surface area contributed by atoms with Crippen molar-refractivity contribution in [2.45, 2.75) is 25.3 Å². The molecular weight excluding hydrogens is 418 g/mol. The zero-order valence-corrected chi connectivity index (χ0v) is 17.0. The molecule has 1 saturated heterocycles. The van der Waals surface area contributed by atoms with Gasteiger partial charge in [-0.15, -0.1) is 0 Å². The van der Waals surface area contributed by atoms with Gasteiger partial charge in [0.1, 0.15) is 5.69 Å². The molecule has 1 amide bonds. The lowest BCUT2D eigenvalue weighted by Crippen LogP contribution is -2.34. The number of aromatic nitrogens is 1. The molecule has 4 rings (SSSR count). The molecule has 0 saturated carbocycles. The third-order valence-electron chi connectivity index (χ3n) is 5.49. The van der Waals surface area contributed by atoms with Gasteiger partial charge in [0.15, 0.2) is 11.6 Å². The minimum absolute atomic E-state index is 0.0418. The van der Waals surface area contributed by atoms with E-state index < -0.39 is 22.5 Å². The number of pyridine rings is 1. The first-order chi connectivity index (χ1) is 15.4. The summed E-state index contributed by atoms with van der Waals surface area (Å²) in [4.78, 5) is 30.1. The van der Waals surface area contributed by atoms with Gasteiger partial charge in [-0.05, 0) is 55.2 Å². The summed E-state index contributed by atoms with van der Waals surface area (Å²) in [5.41, 5.74) is 1.29. The average molecular weight is 438 g/mol. The highest BCUT2D eigenvalue weighted by molar-refractivity contribution is 6.05. The molecule has 32 heavy (non-hydrogen) atoms. The van der Waals surface area contributed by atoms with E-state index in [0.717, 1.165) is 37.0 Å². The summed E-state index contributed by atoms with van der Waals surface area (Å²) < 4.78 is 26.5. The van der Waals surface area contributed by atoms with Gasteiger partial charge in [0.25, 0.3) is 11.6 Å². The van der Waals surface area contributed by atoms with Crippen LogP contribution in [0.1, 0.15) is 41.2 Å². The first-order valence-electron chi connectivity index (χ1n) is 10.2. The van der Waals surface area contributed by atoms with E-state index in [0.29, 0.717) is 12.2 Å². The Morgan fingerprint density at radius 1 is 1.12 bits per heavy atom. The predicted octanol–water partition coefficient (Wildman–Crippen LogP) is 5.25. The van der Waals surface area contributed by atoms with E-state index in [9.17, 15) is 23.7 Å². The van der Waals surface area contributed by atoms with Gasteiger partial charge in [-0.2, -0.15) is 0 Å². The third-order valence-corrected chi connectivity index (χ3v) is 5.49. The number of amides is 1. The van der Waals surface area contributed by atoms with Crippen molar-refractivity contribution >= 4 is 23.0 Å². The van der Waals surface area contributed by atoms with Gasteiger partial charge in [-0.1, -0.05) is 6.07 Å². The highest BCUT2D eigenvalue weighted by Gasteiger charge is 2.30. The van der Waals surface area contributed by atoms with E-state index in [1.807, 2.05) is 17.0 Å². The number of carbonyl (C=O) groups excluding carboxylic acids is 1. The normalized spacial score (nSPS) is 15.9. The van der Waals surface area contributed by atoms with Crippen LogP contribution in [0.2, 0.25) is 0 Å². The van der Waals surface area contributed by atoms with Gasteiger partial charge in [-0.25, -0.2) is 8.78 Å². The predicted molar refractivity (Wildman–Crippen MR) is 116 cm³/mol. The number of hydrogen-bond donors (Lipinski definition) is 1. The van der Waals surface area contributed by atoms with E-state index in [2.05, 4.69) is 10.3 Å². The summed E-state index contributed by atoms with van der Waals surface area (Å²) in [6.45, 7) is 0.640. The second-order valence-electron chi connectivity index (χ2n) is 7.53. The van der Waals surface area contributed by atoms with Crippen molar-refractivity contribution in [3.8, 4) is 0 Å². The molecule has 1 aliphatic rings. The molecule has 7 nitrogen and oxygen atoms in total. The fourth-order valence-electron chi connectivity index (χ4n) is 3.97. The van der Waals surface area contributed by atoms with Crippen LogP contribution in [0.3, 0.4) is 0 Å². The Kier molecular flexibility index (Phi) is 6.07. The van der Waals surface area contributed by atoms with E-state index in [1.54, 1.807) is 18.5 Å². The van der Waals surface area contributed by atoms with Crippen LogP contribution in [0.15, 0.2) is 60.9 Å². The fourth-order valence-corrected chi connectivity index (χ4v) is 3.97. The van der Waals surface area contributed by atoms with Gasteiger partial charge in [-0.3, -0.25) is 19.9 Å². The fraction of sp³-hybridized carbons (Fsp3) is 0.217. The Hall–Kier alpha value is -3.88. The molecule has 9 heteroatoms. The number of carbonyl (C=O) groups is 1. The zero-order valence-electron chi connectivity index (χ0n) is 17.0. The van der Waals surface area contributed by atoms with Crippen LogP contribution < -0.4 is 10.2 Å². The Labute approximate surface area is 182 Å². The number of hydrogen-bond acceptors (Lipinski definition) is 5. The molecule has 2 heterocycles. The Balaban J connectivity index is 1.64. The number of halogens is 2. The van der Waals surface area contributed by atoms with Gasteiger partial charge in [0.05, 0.1) is 11.0 Å². The number of benzene rings is 2. The van der Waals surface area contributed by atoms with Crippen molar-refractivity contribution in [1.82, 2.24) is 4.98 Å². The highest BCUT2D eigenvalue weighted by atomic mass is 19.2. The van der Waals surface area contributed by atoms with Crippen LogP contribution in [0.25, 0.3) is 0 Å². The highest BCUT2D eigenvalue weighted by Crippen LogP contribution is 2.39. The third kappa shape index (κ3) is 4.41. The molecule has 0 spiro atoms. The number of rotatable bonds is 5. The molecule has 1 N–H and O–H groups in total. The lowest BCUT2D eigenvalue weighted by atomic mass is 9.95. The van der Waals surface area contributed by atoms with Crippen LogP contribution in [-0.4, -0.2) is 22.4 Å². The van der Waals surface area contributed by atoms with Crippen molar-refractivity contribution < 1.29 is 18.5 Å². The molecule has 0 radical (unpaired) electrons. The first-order valence-corrected chi connectivity index (χ1v) is 10.2. The summed E-state index contributed by atoms with van der Waals surface area (Å²) in [6, 6.07) is 10.9. The Bertz CT molecular complexity index is 1160. The van der Waals surface area contributed by atoms with E-state index >= 15 is 0 Å².